The van der Waals surface area contributed by atoms with E-state index < -0.39 is 0 Å². The lowest BCUT2D eigenvalue weighted by molar-refractivity contribution is 0.0940. The standard InChI is InChI=1S/C20H28N4O3/c1-15-11-17(27-3)6-5-16(15)12-23-8-9-24-14-22-19(18(24)13-23)20(25)21-7-4-10-26-2/h5-6,11,14H,4,7-10,12-13H2,1-3H3,(H,21,25). The Hall–Kier alpha value is -2.38. The van der Waals surface area contributed by atoms with E-state index in [0.29, 0.717) is 25.4 Å². The second-order valence-corrected chi connectivity index (χ2v) is 6.84. The van der Waals surface area contributed by atoms with Gasteiger partial charge < -0.3 is 19.4 Å². The number of nitrogens with one attached hydrogen (secondary N) is 1. The molecule has 0 spiro atoms. The molecule has 2 heterocycles. The lowest BCUT2D eigenvalue weighted by Gasteiger charge is -2.29. The molecule has 0 fully saturated rings. The minimum atomic E-state index is -0.109. The van der Waals surface area contributed by atoms with Gasteiger partial charge in [0.15, 0.2) is 5.69 Å². The van der Waals surface area contributed by atoms with Crippen molar-refractivity contribution in [1.29, 1.82) is 0 Å². The molecule has 0 aliphatic carbocycles. The zero-order chi connectivity index (χ0) is 19.2. The van der Waals surface area contributed by atoms with Crippen molar-refractivity contribution >= 4 is 5.91 Å². The Labute approximate surface area is 160 Å². The summed E-state index contributed by atoms with van der Waals surface area (Å²) in [5, 5.41) is 2.93. The molecule has 146 valence electrons. The third kappa shape index (κ3) is 4.67. The van der Waals surface area contributed by atoms with Crippen molar-refractivity contribution in [3.63, 3.8) is 0 Å². The summed E-state index contributed by atoms with van der Waals surface area (Å²) in [4.78, 5) is 19.2. The van der Waals surface area contributed by atoms with Crippen molar-refractivity contribution in [2.45, 2.75) is 33.0 Å². The Morgan fingerprint density at radius 2 is 2.15 bits per heavy atom. The van der Waals surface area contributed by atoms with Crippen molar-refractivity contribution < 1.29 is 14.3 Å². The summed E-state index contributed by atoms with van der Waals surface area (Å²) in [5.41, 5.74) is 4.00. The first kappa shape index (κ1) is 19.4. The Morgan fingerprint density at radius 3 is 2.89 bits per heavy atom. The molecule has 1 aliphatic heterocycles. The number of carbonyl (C=O) groups is 1. The summed E-state index contributed by atoms with van der Waals surface area (Å²) in [6.45, 7) is 6.66. The van der Waals surface area contributed by atoms with Crippen LogP contribution in [-0.2, 0) is 24.4 Å². The number of fused-ring (bicyclic) bond motifs is 1. The number of carbonyl (C=O) groups excluding carboxylic acids is 1. The molecule has 0 saturated carbocycles. The first-order chi connectivity index (χ1) is 13.1. The fourth-order valence-electron chi connectivity index (χ4n) is 3.35. The van der Waals surface area contributed by atoms with E-state index in [2.05, 4.69) is 38.8 Å². The second kappa shape index (κ2) is 9.01. The van der Waals surface area contributed by atoms with Crippen molar-refractivity contribution in [1.82, 2.24) is 19.8 Å². The number of hydrogen-bond donors (Lipinski definition) is 1. The van der Waals surface area contributed by atoms with Gasteiger partial charge in [-0.2, -0.15) is 0 Å². The van der Waals surface area contributed by atoms with Gasteiger partial charge in [0.1, 0.15) is 5.75 Å². The van der Waals surface area contributed by atoms with Gasteiger partial charge in [-0.3, -0.25) is 9.69 Å². The largest absolute Gasteiger partial charge is 0.497 e. The molecule has 7 heteroatoms. The predicted molar refractivity (Wildman–Crippen MR) is 103 cm³/mol. The van der Waals surface area contributed by atoms with Crippen LogP contribution in [0.4, 0.5) is 0 Å². The van der Waals surface area contributed by atoms with Crippen LogP contribution in [0.1, 0.15) is 33.7 Å². The molecule has 27 heavy (non-hydrogen) atoms. The van der Waals surface area contributed by atoms with Crippen LogP contribution in [0.2, 0.25) is 0 Å². The fourth-order valence-corrected chi connectivity index (χ4v) is 3.35. The molecule has 0 saturated heterocycles. The van der Waals surface area contributed by atoms with Crippen LogP contribution >= 0.6 is 0 Å². The van der Waals surface area contributed by atoms with E-state index in [1.807, 2.05) is 6.07 Å². The zero-order valence-corrected chi connectivity index (χ0v) is 16.3. The Morgan fingerprint density at radius 1 is 1.30 bits per heavy atom. The number of ether oxygens (including phenoxy) is 2. The average molecular weight is 372 g/mol. The number of imidazole rings is 1. The van der Waals surface area contributed by atoms with E-state index in [-0.39, 0.29) is 5.91 Å². The Kier molecular flexibility index (Phi) is 6.47. The smallest absolute Gasteiger partial charge is 0.271 e. The molecule has 0 unspecified atom stereocenters. The third-order valence-corrected chi connectivity index (χ3v) is 4.95. The van der Waals surface area contributed by atoms with Crippen molar-refractivity contribution in [2.75, 3.05) is 33.9 Å². The van der Waals surface area contributed by atoms with Gasteiger partial charge in [0.25, 0.3) is 5.91 Å². The summed E-state index contributed by atoms with van der Waals surface area (Å²) in [5.74, 6) is 0.766. The number of aryl methyl sites for hydroxylation is 1. The molecular weight excluding hydrogens is 344 g/mol. The van der Waals surface area contributed by atoms with E-state index in [0.717, 1.165) is 37.5 Å². The first-order valence-electron chi connectivity index (χ1n) is 9.29. The summed E-state index contributed by atoms with van der Waals surface area (Å²) in [6.07, 6.45) is 2.57. The molecule has 1 aliphatic rings. The lowest BCUT2D eigenvalue weighted by Crippen LogP contribution is -2.35. The second-order valence-electron chi connectivity index (χ2n) is 6.84. The number of rotatable bonds is 8. The minimum absolute atomic E-state index is 0.109. The fraction of sp³-hybridized carbons (Fsp3) is 0.500. The number of methoxy groups -OCH3 is 2. The SMILES string of the molecule is COCCCNC(=O)c1ncn2c1CN(Cc1ccc(OC)cc1C)CC2. The number of hydrogen-bond acceptors (Lipinski definition) is 5. The summed E-state index contributed by atoms with van der Waals surface area (Å²) in [7, 11) is 3.34. The van der Waals surface area contributed by atoms with Gasteiger partial charge in [-0.05, 0) is 36.6 Å². The molecule has 0 atom stereocenters. The van der Waals surface area contributed by atoms with Crippen LogP contribution in [0.25, 0.3) is 0 Å². The maximum atomic E-state index is 12.5. The maximum Gasteiger partial charge on any atom is 0.271 e. The lowest BCUT2D eigenvalue weighted by atomic mass is 10.1. The summed E-state index contributed by atoms with van der Waals surface area (Å²) in [6, 6.07) is 6.17. The molecule has 2 aromatic rings. The van der Waals surface area contributed by atoms with E-state index >= 15 is 0 Å². The van der Waals surface area contributed by atoms with Gasteiger partial charge in [0.05, 0.1) is 19.1 Å². The van der Waals surface area contributed by atoms with Crippen LogP contribution in [-0.4, -0.2) is 54.3 Å². The highest BCUT2D eigenvalue weighted by molar-refractivity contribution is 5.93. The van der Waals surface area contributed by atoms with Gasteiger partial charge in [0.2, 0.25) is 0 Å². The minimum Gasteiger partial charge on any atom is -0.497 e. The Balaban J connectivity index is 1.65. The van der Waals surface area contributed by atoms with Crippen LogP contribution in [0.5, 0.6) is 5.75 Å². The van der Waals surface area contributed by atoms with Crippen LogP contribution in [0.15, 0.2) is 24.5 Å². The van der Waals surface area contributed by atoms with Gasteiger partial charge in [-0.15, -0.1) is 0 Å². The monoisotopic (exact) mass is 372 g/mol. The van der Waals surface area contributed by atoms with E-state index in [1.54, 1.807) is 20.5 Å². The number of aromatic nitrogens is 2. The number of benzene rings is 1. The third-order valence-electron chi connectivity index (χ3n) is 4.95. The molecule has 0 bridgehead atoms. The molecule has 1 N–H and O–H groups in total. The van der Waals surface area contributed by atoms with Gasteiger partial charge >= 0.3 is 0 Å². The quantitative estimate of drug-likeness (QED) is 0.718. The molecule has 0 radical (unpaired) electrons. The van der Waals surface area contributed by atoms with E-state index in [9.17, 15) is 4.79 Å². The molecule has 1 aromatic heterocycles. The highest BCUT2D eigenvalue weighted by atomic mass is 16.5. The highest BCUT2D eigenvalue weighted by Crippen LogP contribution is 2.22. The van der Waals surface area contributed by atoms with Gasteiger partial charge in [0, 0.05) is 46.4 Å². The normalized spacial score (nSPS) is 14.0. The van der Waals surface area contributed by atoms with Crippen LogP contribution in [0, 0.1) is 6.92 Å². The van der Waals surface area contributed by atoms with Crippen LogP contribution in [0.3, 0.4) is 0 Å². The molecule has 1 aromatic carbocycles. The predicted octanol–water partition coefficient (Wildman–Crippen LogP) is 1.98. The van der Waals surface area contributed by atoms with Crippen LogP contribution < -0.4 is 10.1 Å². The van der Waals surface area contributed by atoms with E-state index in [1.165, 1.54) is 11.1 Å². The van der Waals surface area contributed by atoms with Crippen molar-refractivity contribution in [2.24, 2.45) is 0 Å². The molecule has 7 nitrogen and oxygen atoms in total. The van der Waals surface area contributed by atoms with Gasteiger partial charge in [-0.1, -0.05) is 6.07 Å². The maximum absolute atomic E-state index is 12.5. The topological polar surface area (TPSA) is 68.6 Å². The molecule has 3 rings (SSSR count). The van der Waals surface area contributed by atoms with Gasteiger partial charge in [-0.25, -0.2) is 4.98 Å². The zero-order valence-electron chi connectivity index (χ0n) is 16.3. The summed E-state index contributed by atoms with van der Waals surface area (Å²) >= 11 is 0. The average Bonchev–Trinajstić information content (AvgIpc) is 3.10. The first-order valence-corrected chi connectivity index (χ1v) is 9.29. The van der Waals surface area contributed by atoms with Crippen molar-refractivity contribution in [3.8, 4) is 5.75 Å². The molecule has 1 amide bonds. The van der Waals surface area contributed by atoms with E-state index in [4.69, 9.17) is 9.47 Å². The number of nitrogens with zero attached hydrogens (tertiary/aromatic N) is 3. The summed E-state index contributed by atoms with van der Waals surface area (Å²) < 4.78 is 12.4. The molecular formula is C20H28N4O3. The Bertz CT molecular complexity index is 788. The number of amides is 1. The van der Waals surface area contributed by atoms with Crippen molar-refractivity contribution in [3.05, 3.63) is 47.0 Å². The highest BCUT2D eigenvalue weighted by Gasteiger charge is 2.24.